The van der Waals surface area contributed by atoms with E-state index in [9.17, 15) is 23.6 Å². The number of rotatable bonds is 6. The first-order valence-corrected chi connectivity index (χ1v) is 12.7. The first kappa shape index (κ1) is 26.0. The molecule has 10 heteroatoms. The van der Waals surface area contributed by atoms with Gasteiger partial charge in [0.25, 0.3) is 5.69 Å². The Morgan fingerprint density at radius 3 is 2.65 bits per heavy atom. The van der Waals surface area contributed by atoms with Gasteiger partial charge in [-0.1, -0.05) is 42.5 Å². The molecule has 0 radical (unpaired) electrons. The molecule has 2 aromatic rings. The highest BCUT2D eigenvalue weighted by Crippen LogP contribution is 2.27. The monoisotopic (exact) mass is 489 g/mol. The number of nitro groups is 1. The van der Waals surface area contributed by atoms with Crippen LogP contribution in [0.5, 0.6) is 0 Å². The third kappa shape index (κ3) is 6.94. The molecule has 0 fully saturated rings. The van der Waals surface area contributed by atoms with Gasteiger partial charge in [0.1, 0.15) is 0 Å². The lowest BCUT2D eigenvalue weighted by atomic mass is 10.0. The van der Waals surface area contributed by atoms with Gasteiger partial charge in [0.2, 0.25) is 10.0 Å². The zero-order valence-electron chi connectivity index (χ0n) is 19.0. The van der Waals surface area contributed by atoms with Gasteiger partial charge in [0.15, 0.2) is 0 Å². The predicted molar refractivity (Wildman–Crippen MR) is 129 cm³/mol. The number of β-amino-alcohol motifs (C(OH)–C–C–N with tert-alkyl or cyclic N) is 1. The summed E-state index contributed by atoms with van der Waals surface area (Å²) in [5.41, 5.74) is 7.16. The molecule has 2 atom stereocenters. The molecule has 0 aliphatic carbocycles. The third-order valence-electron chi connectivity index (χ3n) is 5.74. The summed E-state index contributed by atoms with van der Waals surface area (Å²) in [6.45, 7) is 0.204. The number of fused-ring (bicyclic) bond motifs is 1. The van der Waals surface area contributed by atoms with Gasteiger partial charge < -0.3 is 15.6 Å². The second-order valence-electron chi connectivity index (χ2n) is 8.32. The van der Waals surface area contributed by atoms with Crippen LogP contribution in [0.15, 0.2) is 65.6 Å². The number of nitro benzene ring substituents is 1. The number of non-ortho nitro benzene ring substituents is 1. The van der Waals surface area contributed by atoms with Gasteiger partial charge in [-0.2, -0.15) is 4.31 Å². The fourth-order valence-corrected chi connectivity index (χ4v) is 5.52. The molecule has 0 aromatic heterocycles. The van der Waals surface area contributed by atoms with E-state index >= 15 is 0 Å². The Morgan fingerprint density at radius 2 is 1.91 bits per heavy atom. The Labute approximate surface area is 200 Å². The van der Waals surface area contributed by atoms with Gasteiger partial charge in [-0.15, -0.1) is 0 Å². The molecule has 1 heterocycles. The van der Waals surface area contributed by atoms with E-state index in [1.54, 1.807) is 0 Å². The fraction of sp³-hybridized carbons (Fsp3) is 0.417. The molecule has 2 aromatic carbocycles. The molecule has 0 amide bonds. The molecule has 1 aliphatic heterocycles. The summed E-state index contributed by atoms with van der Waals surface area (Å²) in [6.07, 6.45) is 5.25. The minimum absolute atomic E-state index is 0.0647. The molecular formula is C24H31N3O6S. The van der Waals surface area contributed by atoms with Crippen molar-refractivity contribution in [1.82, 2.24) is 4.31 Å². The number of sulfonamides is 1. The predicted octanol–water partition coefficient (Wildman–Crippen LogP) is 2.77. The maximum atomic E-state index is 13.7. The largest absolute Gasteiger partial charge is 0.390 e. The molecule has 3 rings (SSSR count). The highest BCUT2D eigenvalue weighted by atomic mass is 32.2. The zero-order valence-corrected chi connectivity index (χ0v) is 19.8. The van der Waals surface area contributed by atoms with Gasteiger partial charge in [0, 0.05) is 36.8 Å². The van der Waals surface area contributed by atoms with E-state index in [0.717, 1.165) is 18.4 Å². The van der Waals surface area contributed by atoms with Crippen LogP contribution in [0.1, 0.15) is 30.4 Å². The smallest absolute Gasteiger partial charge is 0.269 e. The van der Waals surface area contributed by atoms with Crippen LogP contribution in [0.3, 0.4) is 0 Å². The standard InChI is InChI=1S/C24H31N3O6S/c25-22(15-19-9-5-4-6-10-19)23(28)17-26-13-7-2-1-3-8-14-33-18-20-16-21(27(29)30)11-12-24(20)34(26,31)32/h3-6,8-12,16,22-23,28H,1-2,7,13-15,17-18,25H2/b8-3-/t22-,23+/m0/s1. The van der Waals surface area contributed by atoms with E-state index in [2.05, 4.69) is 0 Å². The van der Waals surface area contributed by atoms with Crippen molar-refractivity contribution < 1.29 is 23.2 Å². The van der Waals surface area contributed by atoms with Crippen LogP contribution in [0.25, 0.3) is 0 Å². The average molecular weight is 490 g/mol. The van der Waals surface area contributed by atoms with Crippen molar-refractivity contribution in [3.63, 3.8) is 0 Å². The number of hydrogen-bond donors (Lipinski definition) is 2. The number of nitrogens with two attached hydrogens (primary N) is 1. The zero-order chi connectivity index (χ0) is 24.6. The highest BCUT2D eigenvalue weighted by Gasteiger charge is 2.31. The second-order valence-corrected chi connectivity index (χ2v) is 10.2. The minimum atomic E-state index is -4.07. The van der Waals surface area contributed by atoms with Crippen LogP contribution in [0, 0.1) is 10.1 Å². The minimum Gasteiger partial charge on any atom is -0.390 e. The number of ether oxygens (including phenoxy) is 1. The SMILES string of the molecule is N[C@@H](Cc1ccccc1)[C@H](O)CN1CCCC/C=C\COCc2cc([N+](=O)[O-])ccc2S1(=O)=O. The van der Waals surface area contributed by atoms with Crippen LogP contribution in [-0.2, 0) is 27.8 Å². The fourth-order valence-electron chi connectivity index (χ4n) is 3.83. The molecule has 184 valence electrons. The van der Waals surface area contributed by atoms with Crippen molar-refractivity contribution in [2.45, 2.75) is 49.3 Å². The molecule has 34 heavy (non-hydrogen) atoms. The molecule has 0 saturated carbocycles. The molecule has 9 nitrogen and oxygen atoms in total. The maximum Gasteiger partial charge on any atom is 0.269 e. The average Bonchev–Trinajstić information content (AvgIpc) is 2.82. The molecule has 0 bridgehead atoms. The maximum absolute atomic E-state index is 13.7. The van der Waals surface area contributed by atoms with E-state index in [0.29, 0.717) is 12.8 Å². The first-order chi connectivity index (χ1) is 16.3. The summed E-state index contributed by atoms with van der Waals surface area (Å²) in [4.78, 5) is 10.6. The van der Waals surface area contributed by atoms with Crippen molar-refractivity contribution in [1.29, 1.82) is 0 Å². The van der Waals surface area contributed by atoms with Crippen LogP contribution in [0.2, 0.25) is 0 Å². The number of nitrogens with zero attached hydrogens (tertiary/aromatic N) is 2. The van der Waals surface area contributed by atoms with Crippen molar-refractivity contribution in [2.24, 2.45) is 5.73 Å². The number of aliphatic hydroxyl groups is 1. The first-order valence-electron chi connectivity index (χ1n) is 11.3. The lowest BCUT2D eigenvalue weighted by Crippen LogP contribution is -2.47. The Morgan fingerprint density at radius 1 is 1.15 bits per heavy atom. The van der Waals surface area contributed by atoms with Gasteiger partial charge >= 0.3 is 0 Å². The van der Waals surface area contributed by atoms with Crippen molar-refractivity contribution in [3.8, 4) is 0 Å². The van der Waals surface area contributed by atoms with Crippen molar-refractivity contribution in [3.05, 3.63) is 81.9 Å². The molecule has 0 spiro atoms. The number of aliphatic hydroxyl groups excluding tert-OH is 1. The summed E-state index contributed by atoms with van der Waals surface area (Å²) in [5.74, 6) is 0. The summed E-state index contributed by atoms with van der Waals surface area (Å²) < 4.78 is 34.1. The quantitative estimate of drug-likeness (QED) is 0.362. The van der Waals surface area contributed by atoms with Gasteiger partial charge in [-0.3, -0.25) is 10.1 Å². The van der Waals surface area contributed by atoms with E-state index in [4.69, 9.17) is 10.5 Å². The normalized spacial score (nSPS) is 20.1. The van der Waals surface area contributed by atoms with Gasteiger partial charge in [-0.05, 0) is 37.3 Å². The molecule has 0 unspecified atom stereocenters. The van der Waals surface area contributed by atoms with Crippen molar-refractivity contribution in [2.75, 3.05) is 19.7 Å². The highest BCUT2D eigenvalue weighted by molar-refractivity contribution is 7.89. The third-order valence-corrected chi connectivity index (χ3v) is 7.70. The Kier molecular flexibility index (Phi) is 9.31. The van der Waals surface area contributed by atoms with Gasteiger partial charge in [-0.25, -0.2) is 8.42 Å². The van der Waals surface area contributed by atoms with Crippen LogP contribution < -0.4 is 5.73 Å². The number of allylic oxidation sites excluding steroid dienone is 1. The Hall–Kier alpha value is -2.63. The van der Waals surface area contributed by atoms with E-state index in [-0.39, 0.29) is 42.4 Å². The van der Waals surface area contributed by atoms with Crippen LogP contribution in [0.4, 0.5) is 5.69 Å². The Balaban J connectivity index is 1.89. The lowest BCUT2D eigenvalue weighted by molar-refractivity contribution is -0.385. The molecule has 1 aliphatic rings. The molecule has 0 saturated heterocycles. The molecule has 3 N–H and O–H groups in total. The van der Waals surface area contributed by atoms with Gasteiger partial charge in [0.05, 0.1) is 29.1 Å². The van der Waals surface area contributed by atoms with Crippen LogP contribution >= 0.6 is 0 Å². The van der Waals surface area contributed by atoms with E-state index in [1.165, 1.54) is 22.5 Å². The summed E-state index contributed by atoms with van der Waals surface area (Å²) in [6, 6.07) is 12.4. The number of benzene rings is 2. The second kappa shape index (κ2) is 12.2. The summed E-state index contributed by atoms with van der Waals surface area (Å²) in [5, 5.41) is 22.1. The lowest BCUT2D eigenvalue weighted by Gasteiger charge is -2.28. The van der Waals surface area contributed by atoms with E-state index in [1.807, 2.05) is 42.5 Å². The number of hydrogen-bond acceptors (Lipinski definition) is 7. The Bertz CT molecular complexity index is 1090. The summed E-state index contributed by atoms with van der Waals surface area (Å²) in [7, 11) is -4.07. The molecular weight excluding hydrogens is 458 g/mol. The summed E-state index contributed by atoms with van der Waals surface area (Å²) >= 11 is 0. The van der Waals surface area contributed by atoms with E-state index < -0.39 is 27.1 Å². The topological polar surface area (TPSA) is 136 Å². The van der Waals surface area contributed by atoms with Crippen LogP contribution in [-0.4, -0.2) is 54.6 Å². The van der Waals surface area contributed by atoms with Crippen molar-refractivity contribution >= 4 is 15.7 Å².